The summed E-state index contributed by atoms with van der Waals surface area (Å²) >= 11 is 10.5. The van der Waals surface area contributed by atoms with E-state index in [1.54, 1.807) is 12.1 Å². The van der Waals surface area contributed by atoms with Crippen molar-refractivity contribution < 1.29 is 4.79 Å². The number of ketones is 1. The normalized spacial score (nSPS) is 12.2. The Labute approximate surface area is 117 Å². The molecule has 0 heterocycles. The third kappa shape index (κ3) is 2.77. The van der Waals surface area contributed by atoms with Crippen molar-refractivity contribution in [1.29, 1.82) is 0 Å². The smallest absolute Gasteiger partial charge is 0.185 e. The maximum atomic E-state index is 12.2. The van der Waals surface area contributed by atoms with Gasteiger partial charge in [0, 0.05) is 10.5 Å². The number of thiol groups is 1. The van der Waals surface area contributed by atoms with Crippen LogP contribution in [0.5, 0.6) is 0 Å². The molecule has 0 fully saturated rings. The summed E-state index contributed by atoms with van der Waals surface area (Å²) in [7, 11) is 0. The summed E-state index contributed by atoms with van der Waals surface area (Å²) in [5, 5.41) is -0.652. The summed E-state index contributed by atoms with van der Waals surface area (Å²) in [5.74, 6) is -0.0766. The Hall–Kier alpha value is -1.25. The Morgan fingerprint density at radius 1 is 1.17 bits per heavy atom. The number of hydrogen-bond donors (Lipinski definition) is 1. The molecule has 2 aromatic carbocycles. The van der Waals surface area contributed by atoms with E-state index in [0.717, 1.165) is 16.0 Å². The fourth-order valence-corrected chi connectivity index (χ4v) is 2.47. The molecule has 2 aromatic rings. The Kier molecular flexibility index (Phi) is 4.10. The molecule has 1 unspecified atom stereocenters. The molecule has 0 bridgehead atoms. The lowest BCUT2D eigenvalue weighted by atomic mass is 9.99. The number of halogens is 1. The first-order chi connectivity index (χ1) is 8.59. The van der Waals surface area contributed by atoms with Crippen molar-refractivity contribution in [3.05, 3.63) is 65.2 Å². The van der Waals surface area contributed by atoms with Crippen LogP contribution in [0.15, 0.2) is 53.4 Å². The van der Waals surface area contributed by atoms with Gasteiger partial charge < -0.3 is 0 Å². The second kappa shape index (κ2) is 5.59. The van der Waals surface area contributed by atoms with Crippen molar-refractivity contribution >= 4 is 30.0 Å². The minimum Gasteiger partial charge on any atom is -0.292 e. The molecule has 0 saturated carbocycles. The van der Waals surface area contributed by atoms with Crippen molar-refractivity contribution in [1.82, 2.24) is 0 Å². The Morgan fingerprint density at radius 3 is 2.44 bits per heavy atom. The molecule has 1 nitrogen and oxygen atoms in total. The lowest BCUT2D eigenvalue weighted by Gasteiger charge is -2.12. The summed E-state index contributed by atoms with van der Waals surface area (Å²) in [4.78, 5) is 13.1. The van der Waals surface area contributed by atoms with Crippen LogP contribution in [0.1, 0.15) is 26.9 Å². The van der Waals surface area contributed by atoms with Gasteiger partial charge in [0.1, 0.15) is 5.38 Å². The second-order valence-corrected chi connectivity index (χ2v) is 5.09. The number of hydrogen-bond acceptors (Lipinski definition) is 2. The van der Waals surface area contributed by atoms with Crippen LogP contribution < -0.4 is 0 Å². The molecule has 0 aliphatic heterocycles. The molecule has 0 N–H and O–H groups in total. The number of aryl methyl sites for hydroxylation is 1. The first-order valence-corrected chi connectivity index (χ1v) is 6.51. The first-order valence-electron chi connectivity index (χ1n) is 5.62. The predicted molar refractivity (Wildman–Crippen MR) is 77.8 cm³/mol. The van der Waals surface area contributed by atoms with Gasteiger partial charge in [-0.3, -0.25) is 4.79 Å². The average Bonchev–Trinajstić information content (AvgIpc) is 2.38. The van der Waals surface area contributed by atoms with E-state index in [0.29, 0.717) is 5.56 Å². The third-order valence-corrected chi connectivity index (χ3v) is 3.53. The van der Waals surface area contributed by atoms with E-state index in [-0.39, 0.29) is 5.78 Å². The summed E-state index contributed by atoms with van der Waals surface area (Å²) in [6.45, 7) is 1.93. The molecule has 92 valence electrons. The Bertz CT molecular complexity index is 566. The quantitative estimate of drug-likeness (QED) is 0.498. The number of Topliss-reactive ketones (excluding diaryl/α,β-unsaturated/α-hetero) is 1. The van der Waals surface area contributed by atoms with Gasteiger partial charge >= 0.3 is 0 Å². The number of rotatable bonds is 3. The van der Waals surface area contributed by atoms with Crippen molar-refractivity contribution in [2.24, 2.45) is 0 Å². The van der Waals surface area contributed by atoms with E-state index in [9.17, 15) is 4.79 Å². The highest BCUT2D eigenvalue weighted by molar-refractivity contribution is 7.80. The van der Waals surface area contributed by atoms with Crippen molar-refractivity contribution in [3.8, 4) is 0 Å². The zero-order valence-electron chi connectivity index (χ0n) is 9.93. The van der Waals surface area contributed by atoms with Gasteiger partial charge in [-0.2, -0.15) is 0 Å². The summed E-state index contributed by atoms with van der Waals surface area (Å²) in [5.41, 5.74) is 2.45. The molecule has 0 spiro atoms. The van der Waals surface area contributed by atoms with E-state index in [2.05, 4.69) is 12.6 Å². The molecule has 0 aliphatic carbocycles. The molecular weight excluding hydrogens is 264 g/mol. The molecule has 0 saturated heterocycles. The van der Waals surface area contributed by atoms with Crippen LogP contribution in [0.2, 0.25) is 0 Å². The van der Waals surface area contributed by atoms with E-state index < -0.39 is 5.38 Å². The summed E-state index contributed by atoms with van der Waals surface area (Å²) < 4.78 is 0. The SMILES string of the molecule is Cc1cc(S)ccc1C(Cl)C(=O)c1ccccc1. The largest absolute Gasteiger partial charge is 0.292 e. The van der Waals surface area contributed by atoms with E-state index in [1.165, 1.54) is 0 Å². The van der Waals surface area contributed by atoms with Crippen LogP contribution in [0.4, 0.5) is 0 Å². The highest BCUT2D eigenvalue weighted by atomic mass is 35.5. The molecule has 18 heavy (non-hydrogen) atoms. The van der Waals surface area contributed by atoms with Crippen molar-refractivity contribution in [2.75, 3.05) is 0 Å². The van der Waals surface area contributed by atoms with Crippen LogP contribution in [-0.2, 0) is 0 Å². The van der Waals surface area contributed by atoms with E-state index >= 15 is 0 Å². The van der Waals surface area contributed by atoms with Gasteiger partial charge in [-0.1, -0.05) is 36.4 Å². The number of carbonyl (C=O) groups is 1. The van der Waals surface area contributed by atoms with Crippen LogP contribution in [0.3, 0.4) is 0 Å². The molecule has 3 heteroatoms. The number of alkyl halides is 1. The van der Waals surface area contributed by atoms with Crippen molar-refractivity contribution in [2.45, 2.75) is 17.2 Å². The van der Waals surface area contributed by atoms with Gasteiger partial charge in [0.15, 0.2) is 5.78 Å². The second-order valence-electron chi connectivity index (χ2n) is 4.13. The Morgan fingerprint density at radius 2 is 1.83 bits per heavy atom. The van der Waals surface area contributed by atoms with Crippen LogP contribution in [-0.4, -0.2) is 5.78 Å². The van der Waals surface area contributed by atoms with E-state index in [1.807, 2.05) is 43.3 Å². The van der Waals surface area contributed by atoms with Gasteiger partial charge in [-0.05, 0) is 30.2 Å². The van der Waals surface area contributed by atoms with Gasteiger partial charge in [0.2, 0.25) is 0 Å². The number of benzene rings is 2. The molecule has 0 amide bonds. The standard InChI is InChI=1S/C15H13ClOS/c1-10-9-12(18)7-8-13(10)14(16)15(17)11-5-3-2-4-6-11/h2-9,14,18H,1H3. The highest BCUT2D eigenvalue weighted by Crippen LogP contribution is 2.28. The molecule has 0 aromatic heterocycles. The van der Waals surface area contributed by atoms with Gasteiger partial charge in [0.05, 0.1) is 0 Å². The maximum absolute atomic E-state index is 12.2. The first kappa shape index (κ1) is 13.2. The monoisotopic (exact) mass is 276 g/mol. The molecule has 2 rings (SSSR count). The molecule has 0 aliphatic rings. The predicted octanol–water partition coefficient (Wildman–Crippen LogP) is 4.45. The van der Waals surface area contributed by atoms with Crippen LogP contribution in [0.25, 0.3) is 0 Å². The molecule has 0 radical (unpaired) electrons. The lowest BCUT2D eigenvalue weighted by molar-refractivity contribution is 0.0987. The Balaban J connectivity index is 2.31. The van der Waals surface area contributed by atoms with E-state index in [4.69, 9.17) is 11.6 Å². The zero-order chi connectivity index (χ0) is 13.1. The maximum Gasteiger partial charge on any atom is 0.185 e. The zero-order valence-corrected chi connectivity index (χ0v) is 11.6. The van der Waals surface area contributed by atoms with Gasteiger partial charge in [-0.15, -0.1) is 24.2 Å². The summed E-state index contributed by atoms with van der Waals surface area (Å²) in [6, 6.07) is 14.7. The number of carbonyl (C=O) groups excluding carboxylic acids is 1. The average molecular weight is 277 g/mol. The van der Waals surface area contributed by atoms with Crippen molar-refractivity contribution in [3.63, 3.8) is 0 Å². The fourth-order valence-electron chi connectivity index (χ4n) is 1.83. The third-order valence-electron chi connectivity index (χ3n) is 2.81. The van der Waals surface area contributed by atoms with Gasteiger partial charge in [0.25, 0.3) is 0 Å². The lowest BCUT2D eigenvalue weighted by Crippen LogP contribution is -2.08. The van der Waals surface area contributed by atoms with Crippen LogP contribution >= 0.6 is 24.2 Å². The highest BCUT2D eigenvalue weighted by Gasteiger charge is 2.20. The minimum absolute atomic E-state index is 0.0766. The van der Waals surface area contributed by atoms with Crippen LogP contribution in [0, 0.1) is 6.92 Å². The molecule has 1 atom stereocenters. The fraction of sp³-hybridized carbons (Fsp3) is 0.133. The summed E-state index contributed by atoms with van der Waals surface area (Å²) in [6.07, 6.45) is 0. The van der Waals surface area contributed by atoms with Gasteiger partial charge in [-0.25, -0.2) is 0 Å². The molecular formula is C15H13ClOS. The topological polar surface area (TPSA) is 17.1 Å². The minimum atomic E-state index is -0.652.